The largest absolute Gasteiger partial charge is 0.310 e. The van der Waals surface area contributed by atoms with Crippen LogP contribution in [-0.4, -0.2) is 32.9 Å². The minimum absolute atomic E-state index is 0.00773. The Morgan fingerprint density at radius 3 is 3.00 bits per heavy atom. The van der Waals surface area contributed by atoms with E-state index < -0.39 is 0 Å². The summed E-state index contributed by atoms with van der Waals surface area (Å²) < 4.78 is 0. The number of piperidine rings is 1. The molecule has 1 fully saturated rings. The van der Waals surface area contributed by atoms with Crippen LogP contribution in [0.25, 0.3) is 10.9 Å². The monoisotopic (exact) mass is 348 g/mol. The summed E-state index contributed by atoms with van der Waals surface area (Å²) in [5, 5.41) is 1.18. The highest BCUT2D eigenvalue weighted by Crippen LogP contribution is 2.26. The molecule has 0 radical (unpaired) electrons. The first-order valence-electron chi connectivity index (χ1n) is 9.23. The molecule has 3 heterocycles. The van der Waals surface area contributed by atoms with Gasteiger partial charge in [0.1, 0.15) is 5.82 Å². The Balaban J connectivity index is 1.52. The normalized spacial score (nSPS) is 18.3. The Morgan fingerprint density at radius 1 is 1.27 bits per heavy atom. The van der Waals surface area contributed by atoms with E-state index in [1.54, 1.807) is 0 Å². The van der Waals surface area contributed by atoms with Gasteiger partial charge in [0.25, 0.3) is 5.56 Å². The molecule has 4 rings (SSSR count). The number of benzene rings is 1. The number of nitrogens with zero attached hydrogens (tertiary/aromatic N) is 3. The first-order chi connectivity index (χ1) is 12.6. The Hall–Kier alpha value is -2.53. The second-order valence-electron chi connectivity index (χ2n) is 7.27. The third kappa shape index (κ3) is 3.40. The van der Waals surface area contributed by atoms with E-state index in [-0.39, 0.29) is 11.5 Å². The Bertz CT molecular complexity index is 995. The highest BCUT2D eigenvalue weighted by atomic mass is 16.1. The molecule has 0 bridgehead atoms. The summed E-state index contributed by atoms with van der Waals surface area (Å²) in [6.45, 7) is 6.66. The number of H-pyrrole nitrogens is 1. The molecular weight excluding hydrogens is 324 g/mol. The van der Waals surface area contributed by atoms with Gasteiger partial charge in [-0.3, -0.25) is 14.7 Å². The lowest BCUT2D eigenvalue weighted by Crippen LogP contribution is -2.35. The number of hydrogen-bond donors (Lipinski definition) is 1. The minimum atomic E-state index is -0.00773. The fourth-order valence-corrected chi connectivity index (χ4v) is 3.76. The van der Waals surface area contributed by atoms with Gasteiger partial charge in [0.2, 0.25) is 0 Å². The fourth-order valence-electron chi connectivity index (χ4n) is 3.76. The van der Waals surface area contributed by atoms with Crippen LogP contribution in [-0.2, 0) is 6.54 Å². The maximum absolute atomic E-state index is 12.1. The predicted molar refractivity (Wildman–Crippen MR) is 103 cm³/mol. The third-order valence-corrected chi connectivity index (χ3v) is 5.38. The van der Waals surface area contributed by atoms with Crippen LogP contribution in [0.4, 0.5) is 0 Å². The van der Waals surface area contributed by atoms with Crippen molar-refractivity contribution in [2.45, 2.75) is 39.2 Å². The summed E-state index contributed by atoms with van der Waals surface area (Å²) in [4.78, 5) is 26.6. The zero-order valence-electron chi connectivity index (χ0n) is 15.3. The summed E-state index contributed by atoms with van der Waals surface area (Å²) in [7, 11) is 0. The second kappa shape index (κ2) is 7.00. The van der Waals surface area contributed by atoms with Gasteiger partial charge in [-0.15, -0.1) is 0 Å². The van der Waals surface area contributed by atoms with Crippen molar-refractivity contribution < 1.29 is 0 Å². The zero-order valence-corrected chi connectivity index (χ0v) is 15.3. The van der Waals surface area contributed by atoms with Crippen LogP contribution in [0.15, 0.2) is 41.3 Å². The minimum Gasteiger partial charge on any atom is -0.310 e. The van der Waals surface area contributed by atoms with Crippen LogP contribution in [0, 0.1) is 13.8 Å². The average molecular weight is 348 g/mol. The van der Waals surface area contributed by atoms with Crippen molar-refractivity contribution in [1.29, 1.82) is 0 Å². The molecule has 0 saturated carbocycles. The molecule has 1 atom stereocenters. The molecule has 5 nitrogen and oxygen atoms in total. The number of likely N-dealkylation sites (tertiary alicyclic amines) is 1. The molecule has 1 aromatic carbocycles. The van der Waals surface area contributed by atoms with Crippen LogP contribution in [0.5, 0.6) is 0 Å². The van der Waals surface area contributed by atoms with Gasteiger partial charge in [-0.05, 0) is 57.0 Å². The Labute approximate surface area is 153 Å². The molecule has 2 aromatic heterocycles. The van der Waals surface area contributed by atoms with Gasteiger partial charge in [0, 0.05) is 41.8 Å². The number of aromatic amines is 1. The number of hydrogen-bond acceptors (Lipinski definition) is 4. The maximum atomic E-state index is 12.1. The molecule has 1 aliphatic heterocycles. The van der Waals surface area contributed by atoms with Gasteiger partial charge in [0.05, 0.1) is 5.52 Å². The van der Waals surface area contributed by atoms with Gasteiger partial charge in [-0.1, -0.05) is 12.1 Å². The van der Waals surface area contributed by atoms with Gasteiger partial charge in [-0.2, -0.15) is 0 Å². The van der Waals surface area contributed by atoms with Gasteiger partial charge in [0.15, 0.2) is 0 Å². The first-order valence-corrected chi connectivity index (χ1v) is 9.23. The summed E-state index contributed by atoms with van der Waals surface area (Å²) in [5.74, 6) is 1.13. The summed E-state index contributed by atoms with van der Waals surface area (Å²) in [5.41, 5.74) is 3.87. The summed E-state index contributed by atoms with van der Waals surface area (Å²) >= 11 is 0. The lowest BCUT2D eigenvalue weighted by Gasteiger charge is -2.32. The number of rotatable bonds is 3. The van der Waals surface area contributed by atoms with E-state index in [1.165, 1.54) is 10.9 Å². The molecule has 5 heteroatoms. The number of pyridine rings is 1. The number of fused-ring (bicyclic) bond motifs is 1. The summed E-state index contributed by atoms with van der Waals surface area (Å²) in [6, 6.07) is 10.6. The van der Waals surface area contributed by atoms with Crippen molar-refractivity contribution in [1.82, 2.24) is 19.9 Å². The third-order valence-electron chi connectivity index (χ3n) is 5.38. The second-order valence-corrected chi connectivity index (χ2v) is 7.27. The van der Waals surface area contributed by atoms with Crippen molar-refractivity contribution in [3.63, 3.8) is 0 Å². The van der Waals surface area contributed by atoms with E-state index in [1.807, 2.05) is 26.1 Å². The molecule has 3 aromatic rings. The van der Waals surface area contributed by atoms with Crippen LogP contribution in [0.1, 0.15) is 41.4 Å². The molecule has 0 spiro atoms. The maximum Gasteiger partial charge on any atom is 0.254 e. The highest BCUT2D eigenvalue weighted by molar-refractivity contribution is 5.78. The fraction of sp³-hybridized carbons (Fsp3) is 0.381. The number of aromatic nitrogens is 3. The predicted octanol–water partition coefficient (Wildman–Crippen LogP) is 3.31. The summed E-state index contributed by atoms with van der Waals surface area (Å²) in [6.07, 6.45) is 4.02. The lowest BCUT2D eigenvalue weighted by atomic mass is 9.96. The van der Waals surface area contributed by atoms with Crippen LogP contribution in [0.2, 0.25) is 0 Å². The topological polar surface area (TPSA) is 61.9 Å². The molecular formula is C21H24N4O. The van der Waals surface area contributed by atoms with E-state index in [2.05, 4.69) is 44.1 Å². The van der Waals surface area contributed by atoms with Gasteiger partial charge in [-0.25, -0.2) is 4.98 Å². The van der Waals surface area contributed by atoms with E-state index >= 15 is 0 Å². The zero-order chi connectivity index (χ0) is 18.1. The molecule has 1 aliphatic rings. The quantitative estimate of drug-likeness (QED) is 0.789. The van der Waals surface area contributed by atoms with Crippen molar-refractivity contribution in [2.24, 2.45) is 0 Å². The van der Waals surface area contributed by atoms with Crippen LogP contribution in [0.3, 0.4) is 0 Å². The first kappa shape index (κ1) is 16.9. The van der Waals surface area contributed by atoms with Crippen molar-refractivity contribution in [2.75, 3.05) is 13.1 Å². The van der Waals surface area contributed by atoms with Crippen molar-refractivity contribution >= 4 is 10.9 Å². The molecule has 134 valence electrons. The average Bonchev–Trinajstić information content (AvgIpc) is 2.66. The molecule has 1 saturated heterocycles. The molecule has 26 heavy (non-hydrogen) atoms. The Kier molecular flexibility index (Phi) is 4.55. The van der Waals surface area contributed by atoms with Crippen molar-refractivity contribution in [3.8, 4) is 0 Å². The van der Waals surface area contributed by atoms with Crippen molar-refractivity contribution in [3.05, 3.63) is 69.5 Å². The molecule has 1 unspecified atom stereocenters. The highest BCUT2D eigenvalue weighted by Gasteiger charge is 2.24. The number of aryl methyl sites for hydroxylation is 1. The van der Waals surface area contributed by atoms with E-state index in [4.69, 9.17) is 0 Å². The van der Waals surface area contributed by atoms with E-state index in [9.17, 15) is 4.79 Å². The van der Waals surface area contributed by atoms with Crippen LogP contribution >= 0.6 is 0 Å². The molecule has 0 amide bonds. The van der Waals surface area contributed by atoms with E-state index in [0.29, 0.717) is 5.56 Å². The van der Waals surface area contributed by atoms with E-state index in [0.717, 1.165) is 49.5 Å². The smallest absolute Gasteiger partial charge is 0.254 e. The Morgan fingerprint density at radius 2 is 2.15 bits per heavy atom. The molecule has 1 N–H and O–H groups in total. The van der Waals surface area contributed by atoms with Gasteiger partial charge >= 0.3 is 0 Å². The molecule has 0 aliphatic carbocycles. The van der Waals surface area contributed by atoms with Gasteiger partial charge < -0.3 is 4.98 Å². The lowest BCUT2D eigenvalue weighted by molar-refractivity contribution is 0.196. The number of nitrogens with one attached hydrogen (secondary N) is 1. The van der Waals surface area contributed by atoms with Crippen LogP contribution < -0.4 is 5.56 Å². The standard InChI is InChI=1S/C21H24N4O/c1-14-15(2)23-20(24-21(14)26)18-6-4-10-25(13-18)12-16-7-8-19-17(11-16)5-3-9-22-19/h3,5,7-9,11,18H,4,6,10,12-13H2,1-2H3,(H,23,24,26). The SMILES string of the molecule is Cc1nc(C2CCCN(Cc3ccc4ncccc4c3)C2)[nH]c(=O)c1C.